The largest absolute Gasteiger partial charge is 0.298 e. The first kappa shape index (κ1) is 14.3. The lowest BCUT2D eigenvalue weighted by atomic mass is 9.87. The molecule has 1 aliphatic carbocycles. The molecule has 0 spiro atoms. The number of imide groups is 1. The highest BCUT2D eigenvalue weighted by molar-refractivity contribution is 6.05. The molecule has 4 nitrogen and oxygen atoms in total. The molecule has 2 amide bonds. The zero-order valence-corrected chi connectivity index (χ0v) is 12.6. The van der Waals surface area contributed by atoms with Gasteiger partial charge in [0.15, 0.2) is 0 Å². The number of rotatable bonds is 3. The van der Waals surface area contributed by atoms with Gasteiger partial charge in [-0.3, -0.25) is 19.8 Å². The van der Waals surface area contributed by atoms with Crippen LogP contribution >= 0.6 is 0 Å². The molecule has 0 aromatic heterocycles. The molecule has 0 saturated carbocycles. The van der Waals surface area contributed by atoms with Crippen LogP contribution in [0.1, 0.15) is 50.3 Å². The second-order valence-electron chi connectivity index (χ2n) is 6.26. The summed E-state index contributed by atoms with van der Waals surface area (Å²) in [4.78, 5) is 25.8. The van der Waals surface area contributed by atoms with Crippen LogP contribution in [0, 0.1) is 0 Å². The molecule has 1 fully saturated rings. The lowest BCUT2D eigenvalue weighted by Crippen LogP contribution is -2.43. The molecular weight excluding hydrogens is 264 g/mol. The maximum atomic E-state index is 12.4. The summed E-state index contributed by atoms with van der Waals surface area (Å²) in [5.74, 6) is -0.130. The van der Waals surface area contributed by atoms with E-state index in [0.717, 1.165) is 19.3 Å². The summed E-state index contributed by atoms with van der Waals surface area (Å²) in [5.41, 5.74) is 2.64. The van der Waals surface area contributed by atoms with Crippen molar-refractivity contribution >= 4 is 11.8 Å². The van der Waals surface area contributed by atoms with Crippen LogP contribution in [0.4, 0.5) is 0 Å². The minimum absolute atomic E-state index is 0.0587. The third-order valence-corrected chi connectivity index (χ3v) is 4.47. The number of nitrogens with one attached hydrogen (secondary N) is 1. The van der Waals surface area contributed by atoms with Crippen molar-refractivity contribution in [2.75, 3.05) is 0 Å². The number of aryl methyl sites for hydroxylation is 1. The van der Waals surface area contributed by atoms with Gasteiger partial charge < -0.3 is 0 Å². The number of nitrogens with zero attached hydrogens (tertiary/aromatic N) is 1. The van der Waals surface area contributed by atoms with Crippen LogP contribution in [0.5, 0.6) is 0 Å². The number of carbonyl (C=O) groups excluding carboxylic acids is 2. The number of hydrogen-bond acceptors (Lipinski definition) is 3. The lowest BCUT2D eigenvalue weighted by molar-refractivity contribution is -0.140. The fourth-order valence-corrected chi connectivity index (χ4v) is 3.49. The van der Waals surface area contributed by atoms with Gasteiger partial charge in [0.2, 0.25) is 11.8 Å². The topological polar surface area (TPSA) is 49.4 Å². The summed E-state index contributed by atoms with van der Waals surface area (Å²) in [7, 11) is 0. The molecule has 1 aliphatic heterocycles. The van der Waals surface area contributed by atoms with Crippen LogP contribution in [0.25, 0.3) is 0 Å². The van der Waals surface area contributed by atoms with Gasteiger partial charge >= 0.3 is 0 Å². The Morgan fingerprint density at radius 1 is 1.19 bits per heavy atom. The minimum atomic E-state index is -0.365. The van der Waals surface area contributed by atoms with E-state index >= 15 is 0 Å². The Bertz CT molecular complexity index is 568. The first-order valence-corrected chi connectivity index (χ1v) is 7.77. The molecule has 3 rings (SSSR count). The van der Waals surface area contributed by atoms with Crippen LogP contribution in [0.15, 0.2) is 24.3 Å². The fraction of sp³-hybridized carbons (Fsp3) is 0.529. The van der Waals surface area contributed by atoms with Crippen LogP contribution in [-0.2, 0) is 16.0 Å². The highest BCUT2D eigenvalue weighted by Crippen LogP contribution is 2.31. The summed E-state index contributed by atoms with van der Waals surface area (Å²) in [6.07, 6.45) is 3.54. The SMILES string of the molecule is CC(C)N1C(=O)CC(NC2CCCc3ccccc32)C1=O. The van der Waals surface area contributed by atoms with Crippen molar-refractivity contribution in [3.63, 3.8) is 0 Å². The van der Waals surface area contributed by atoms with Gasteiger partial charge in [-0.25, -0.2) is 0 Å². The number of fused-ring (bicyclic) bond motifs is 1. The Hall–Kier alpha value is -1.68. The lowest BCUT2D eigenvalue weighted by Gasteiger charge is -2.28. The number of likely N-dealkylation sites (tertiary alicyclic amines) is 1. The molecule has 1 heterocycles. The summed E-state index contributed by atoms with van der Waals surface area (Å²) in [6.45, 7) is 3.77. The average molecular weight is 286 g/mol. The molecule has 112 valence electrons. The summed E-state index contributed by atoms with van der Waals surface area (Å²) in [5, 5.41) is 3.43. The first-order chi connectivity index (χ1) is 10.1. The summed E-state index contributed by atoms with van der Waals surface area (Å²) < 4.78 is 0. The Morgan fingerprint density at radius 2 is 1.95 bits per heavy atom. The van der Waals surface area contributed by atoms with Crippen molar-refractivity contribution in [3.8, 4) is 0 Å². The normalized spacial score (nSPS) is 25.6. The van der Waals surface area contributed by atoms with Gasteiger partial charge in [0.05, 0.1) is 12.5 Å². The maximum absolute atomic E-state index is 12.4. The van der Waals surface area contributed by atoms with Gasteiger partial charge in [-0.2, -0.15) is 0 Å². The smallest absolute Gasteiger partial charge is 0.247 e. The van der Waals surface area contributed by atoms with Crippen LogP contribution < -0.4 is 5.32 Å². The van der Waals surface area contributed by atoms with E-state index < -0.39 is 0 Å². The zero-order valence-electron chi connectivity index (χ0n) is 12.6. The van der Waals surface area contributed by atoms with Crippen LogP contribution in [0.2, 0.25) is 0 Å². The van der Waals surface area contributed by atoms with E-state index in [1.807, 2.05) is 19.9 Å². The average Bonchev–Trinajstić information content (AvgIpc) is 2.74. The Kier molecular flexibility index (Phi) is 3.81. The second-order valence-corrected chi connectivity index (χ2v) is 6.26. The molecule has 4 heteroatoms. The Morgan fingerprint density at radius 3 is 2.67 bits per heavy atom. The van der Waals surface area contributed by atoms with E-state index in [1.54, 1.807) is 0 Å². The predicted molar refractivity (Wildman–Crippen MR) is 80.7 cm³/mol. The quantitative estimate of drug-likeness (QED) is 0.867. The van der Waals surface area contributed by atoms with E-state index in [1.165, 1.54) is 16.0 Å². The molecule has 1 aromatic carbocycles. The molecular formula is C17H22N2O2. The maximum Gasteiger partial charge on any atom is 0.247 e. The van der Waals surface area contributed by atoms with Crippen molar-refractivity contribution in [2.24, 2.45) is 0 Å². The highest BCUT2D eigenvalue weighted by atomic mass is 16.2. The van der Waals surface area contributed by atoms with Gasteiger partial charge in [0.1, 0.15) is 0 Å². The molecule has 0 radical (unpaired) electrons. The fourth-order valence-electron chi connectivity index (χ4n) is 3.49. The minimum Gasteiger partial charge on any atom is -0.298 e. The standard InChI is InChI=1S/C17H22N2O2/c1-11(2)19-16(20)10-15(17(19)21)18-14-9-5-7-12-6-3-4-8-13(12)14/h3-4,6,8,11,14-15,18H,5,7,9-10H2,1-2H3. The van der Waals surface area contributed by atoms with Crippen molar-refractivity contribution in [1.29, 1.82) is 0 Å². The van der Waals surface area contributed by atoms with Crippen LogP contribution in [0.3, 0.4) is 0 Å². The van der Waals surface area contributed by atoms with Crippen LogP contribution in [-0.4, -0.2) is 28.8 Å². The van der Waals surface area contributed by atoms with E-state index in [0.29, 0.717) is 0 Å². The number of hydrogen-bond donors (Lipinski definition) is 1. The van der Waals surface area contributed by atoms with Crippen molar-refractivity contribution < 1.29 is 9.59 Å². The van der Waals surface area contributed by atoms with Gasteiger partial charge in [0, 0.05) is 12.1 Å². The Labute approximate surface area is 125 Å². The third kappa shape index (κ3) is 2.60. The zero-order chi connectivity index (χ0) is 15.0. The monoisotopic (exact) mass is 286 g/mol. The number of benzene rings is 1. The summed E-state index contributed by atoms with van der Waals surface area (Å²) in [6, 6.07) is 8.15. The molecule has 1 aromatic rings. The highest BCUT2D eigenvalue weighted by Gasteiger charge is 2.41. The van der Waals surface area contributed by atoms with E-state index in [4.69, 9.17) is 0 Å². The van der Waals surface area contributed by atoms with Crippen molar-refractivity contribution in [3.05, 3.63) is 35.4 Å². The van der Waals surface area contributed by atoms with E-state index in [-0.39, 0.29) is 36.4 Å². The molecule has 2 atom stereocenters. The molecule has 21 heavy (non-hydrogen) atoms. The van der Waals surface area contributed by atoms with Gasteiger partial charge in [-0.05, 0) is 44.2 Å². The van der Waals surface area contributed by atoms with Gasteiger partial charge in [-0.15, -0.1) is 0 Å². The van der Waals surface area contributed by atoms with E-state index in [9.17, 15) is 9.59 Å². The van der Waals surface area contributed by atoms with Crippen molar-refractivity contribution in [1.82, 2.24) is 10.2 Å². The van der Waals surface area contributed by atoms with E-state index in [2.05, 4.69) is 23.5 Å². The summed E-state index contributed by atoms with van der Waals surface area (Å²) >= 11 is 0. The molecule has 0 bridgehead atoms. The van der Waals surface area contributed by atoms with Crippen molar-refractivity contribution in [2.45, 2.75) is 57.7 Å². The number of amides is 2. The predicted octanol–water partition coefficient (Wildman–Crippen LogP) is 2.19. The van der Waals surface area contributed by atoms with Gasteiger partial charge in [0.25, 0.3) is 0 Å². The molecule has 1 N–H and O–H groups in total. The molecule has 2 aliphatic rings. The van der Waals surface area contributed by atoms with Gasteiger partial charge in [-0.1, -0.05) is 24.3 Å². The second kappa shape index (κ2) is 5.60. The third-order valence-electron chi connectivity index (χ3n) is 4.47. The Balaban J connectivity index is 1.77. The first-order valence-electron chi connectivity index (χ1n) is 7.77. The molecule has 2 unspecified atom stereocenters. The number of carbonyl (C=O) groups is 2. The molecule has 1 saturated heterocycles.